The standard InChI is InChI=1S/C14H11NO/c15-14-8-12(16)6-11-5-9-3-1-2-4-10(9)7-13(11)14/h1-8,16H,15H2. The van der Waals surface area contributed by atoms with Crippen molar-refractivity contribution in [3.63, 3.8) is 0 Å². The van der Waals surface area contributed by atoms with E-state index < -0.39 is 0 Å². The highest BCUT2D eigenvalue weighted by Gasteiger charge is 2.02. The number of rotatable bonds is 0. The fourth-order valence-corrected chi connectivity index (χ4v) is 2.07. The topological polar surface area (TPSA) is 46.2 Å². The summed E-state index contributed by atoms with van der Waals surface area (Å²) in [5, 5.41) is 13.8. The van der Waals surface area contributed by atoms with Crippen LogP contribution in [0.2, 0.25) is 0 Å². The van der Waals surface area contributed by atoms with Crippen LogP contribution in [0.3, 0.4) is 0 Å². The van der Waals surface area contributed by atoms with Gasteiger partial charge in [0.25, 0.3) is 0 Å². The van der Waals surface area contributed by atoms with Crippen molar-refractivity contribution in [3.05, 3.63) is 48.5 Å². The average molecular weight is 209 g/mol. The van der Waals surface area contributed by atoms with E-state index in [1.165, 1.54) is 0 Å². The molecule has 0 heterocycles. The molecular formula is C14H11NO. The van der Waals surface area contributed by atoms with Crippen LogP contribution in [0.15, 0.2) is 48.5 Å². The van der Waals surface area contributed by atoms with Gasteiger partial charge < -0.3 is 10.8 Å². The quantitative estimate of drug-likeness (QED) is 0.441. The lowest BCUT2D eigenvalue weighted by Crippen LogP contribution is -1.87. The maximum atomic E-state index is 9.50. The second-order valence-corrected chi connectivity index (χ2v) is 3.96. The SMILES string of the molecule is Nc1cc(O)cc2cc3ccccc3cc12. The zero-order valence-corrected chi connectivity index (χ0v) is 8.64. The van der Waals surface area contributed by atoms with E-state index >= 15 is 0 Å². The Morgan fingerprint density at radius 1 is 0.812 bits per heavy atom. The Hall–Kier alpha value is -2.22. The Morgan fingerprint density at radius 3 is 2.25 bits per heavy atom. The maximum absolute atomic E-state index is 9.50. The number of nitrogen functional groups attached to an aromatic ring is 1. The number of benzene rings is 3. The van der Waals surface area contributed by atoms with Crippen molar-refractivity contribution < 1.29 is 5.11 Å². The molecule has 78 valence electrons. The minimum Gasteiger partial charge on any atom is -0.508 e. The highest BCUT2D eigenvalue weighted by atomic mass is 16.3. The fraction of sp³-hybridized carbons (Fsp3) is 0. The summed E-state index contributed by atoms with van der Waals surface area (Å²) in [6, 6.07) is 15.5. The lowest BCUT2D eigenvalue weighted by atomic mass is 10.0. The van der Waals surface area contributed by atoms with Crippen molar-refractivity contribution in [3.8, 4) is 5.75 Å². The first-order valence-electron chi connectivity index (χ1n) is 5.15. The van der Waals surface area contributed by atoms with Gasteiger partial charge in [0.2, 0.25) is 0 Å². The van der Waals surface area contributed by atoms with E-state index in [1.54, 1.807) is 12.1 Å². The van der Waals surface area contributed by atoms with Gasteiger partial charge >= 0.3 is 0 Å². The molecule has 3 rings (SSSR count). The van der Waals surface area contributed by atoms with Crippen LogP contribution >= 0.6 is 0 Å². The molecule has 0 saturated heterocycles. The van der Waals surface area contributed by atoms with Gasteiger partial charge in [0, 0.05) is 17.1 Å². The van der Waals surface area contributed by atoms with Gasteiger partial charge in [-0.3, -0.25) is 0 Å². The number of phenolic OH excluding ortho intramolecular Hbond substituents is 1. The minimum atomic E-state index is 0.209. The van der Waals surface area contributed by atoms with Gasteiger partial charge in [-0.05, 0) is 34.4 Å². The van der Waals surface area contributed by atoms with E-state index in [0.717, 1.165) is 21.5 Å². The molecule has 0 aliphatic carbocycles. The Bertz CT molecular complexity index is 689. The Balaban J connectivity index is 2.51. The Morgan fingerprint density at radius 2 is 1.50 bits per heavy atom. The van der Waals surface area contributed by atoms with Gasteiger partial charge in [0.1, 0.15) is 5.75 Å². The van der Waals surface area contributed by atoms with E-state index in [-0.39, 0.29) is 5.75 Å². The first kappa shape index (κ1) is 9.04. The van der Waals surface area contributed by atoms with Crippen molar-refractivity contribution in [2.75, 3.05) is 5.73 Å². The first-order chi connectivity index (χ1) is 7.74. The zero-order valence-electron chi connectivity index (χ0n) is 8.64. The van der Waals surface area contributed by atoms with E-state index in [4.69, 9.17) is 5.73 Å². The molecule has 0 bridgehead atoms. The lowest BCUT2D eigenvalue weighted by Gasteiger charge is -2.05. The van der Waals surface area contributed by atoms with Crippen LogP contribution in [-0.4, -0.2) is 5.11 Å². The molecule has 16 heavy (non-hydrogen) atoms. The number of hydrogen-bond acceptors (Lipinski definition) is 2. The fourth-order valence-electron chi connectivity index (χ4n) is 2.07. The smallest absolute Gasteiger partial charge is 0.118 e. The Labute approximate surface area is 92.9 Å². The van der Waals surface area contributed by atoms with Crippen LogP contribution < -0.4 is 5.73 Å². The molecule has 2 nitrogen and oxygen atoms in total. The predicted octanol–water partition coefficient (Wildman–Crippen LogP) is 3.28. The molecule has 0 aromatic heterocycles. The van der Waals surface area contributed by atoms with Gasteiger partial charge in [-0.2, -0.15) is 0 Å². The van der Waals surface area contributed by atoms with Crippen LogP contribution in [0, 0.1) is 0 Å². The summed E-state index contributed by atoms with van der Waals surface area (Å²) < 4.78 is 0. The summed E-state index contributed by atoms with van der Waals surface area (Å²) >= 11 is 0. The summed E-state index contributed by atoms with van der Waals surface area (Å²) in [7, 11) is 0. The van der Waals surface area contributed by atoms with Crippen LogP contribution in [0.25, 0.3) is 21.5 Å². The van der Waals surface area contributed by atoms with E-state index in [9.17, 15) is 5.11 Å². The molecule has 0 amide bonds. The minimum absolute atomic E-state index is 0.209. The van der Waals surface area contributed by atoms with Crippen molar-refractivity contribution in [1.82, 2.24) is 0 Å². The molecule has 2 heteroatoms. The number of anilines is 1. The monoisotopic (exact) mass is 209 g/mol. The second-order valence-electron chi connectivity index (χ2n) is 3.96. The van der Waals surface area contributed by atoms with Gasteiger partial charge in [-0.1, -0.05) is 24.3 Å². The van der Waals surface area contributed by atoms with E-state index in [2.05, 4.69) is 18.2 Å². The first-order valence-corrected chi connectivity index (χ1v) is 5.15. The highest BCUT2D eigenvalue weighted by Crippen LogP contribution is 2.30. The normalized spacial score (nSPS) is 11.0. The van der Waals surface area contributed by atoms with E-state index in [0.29, 0.717) is 5.69 Å². The largest absolute Gasteiger partial charge is 0.508 e. The average Bonchev–Trinajstić information content (AvgIpc) is 2.27. The summed E-state index contributed by atoms with van der Waals surface area (Å²) in [4.78, 5) is 0. The molecule has 3 N–H and O–H groups in total. The summed E-state index contributed by atoms with van der Waals surface area (Å²) in [6.07, 6.45) is 0. The molecule has 3 aromatic rings. The van der Waals surface area contributed by atoms with Crippen LogP contribution in [0.4, 0.5) is 5.69 Å². The van der Waals surface area contributed by atoms with Gasteiger partial charge in [0.05, 0.1) is 0 Å². The number of aromatic hydroxyl groups is 1. The molecule has 0 aliphatic heterocycles. The van der Waals surface area contributed by atoms with Crippen molar-refractivity contribution in [2.45, 2.75) is 0 Å². The molecule has 0 radical (unpaired) electrons. The highest BCUT2D eigenvalue weighted by molar-refractivity contribution is 6.03. The van der Waals surface area contributed by atoms with Gasteiger partial charge in [-0.25, -0.2) is 0 Å². The molecule has 0 unspecified atom stereocenters. The lowest BCUT2D eigenvalue weighted by molar-refractivity contribution is 0.476. The van der Waals surface area contributed by atoms with Crippen molar-refractivity contribution >= 4 is 27.2 Å². The van der Waals surface area contributed by atoms with Crippen LogP contribution in [0.1, 0.15) is 0 Å². The number of phenols is 1. The molecule has 0 aliphatic rings. The second kappa shape index (κ2) is 3.14. The maximum Gasteiger partial charge on any atom is 0.118 e. The summed E-state index contributed by atoms with van der Waals surface area (Å²) in [6.45, 7) is 0. The van der Waals surface area contributed by atoms with Crippen molar-refractivity contribution in [2.24, 2.45) is 0 Å². The molecule has 0 spiro atoms. The zero-order chi connectivity index (χ0) is 11.1. The third kappa shape index (κ3) is 1.27. The molecule has 3 aromatic carbocycles. The third-order valence-electron chi connectivity index (χ3n) is 2.84. The molecule has 0 fully saturated rings. The Kier molecular flexibility index (Phi) is 1.77. The van der Waals surface area contributed by atoms with Crippen LogP contribution in [-0.2, 0) is 0 Å². The third-order valence-corrected chi connectivity index (χ3v) is 2.84. The summed E-state index contributed by atoms with van der Waals surface area (Å²) in [5.74, 6) is 0.209. The molecule has 0 atom stereocenters. The van der Waals surface area contributed by atoms with E-state index in [1.807, 2.05) is 18.2 Å². The van der Waals surface area contributed by atoms with Crippen molar-refractivity contribution in [1.29, 1.82) is 0 Å². The number of fused-ring (bicyclic) bond motifs is 2. The van der Waals surface area contributed by atoms with Crippen LogP contribution in [0.5, 0.6) is 5.75 Å². The molecule has 0 saturated carbocycles. The van der Waals surface area contributed by atoms with Gasteiger partial charge in [0.15, 0.2) is 0 Å². The molecular weight excluding hydrogens is 198 g/mol. The number of hydrogen-bond donors (Lipinski definition) is 2. The summed E-state index contributed by atoms with van der Waals surface area (Å²) in [5.41, 5.74) is 6.50. The number of nitrogens with two attached hydrogens (primary N) is 1. The van der Waals surface area contributed by atoms with Gasteiger partial charge in [-0.15, -0.1) is 0 Å². The predicted molar refractivity (Wildman–Crippen MR) is 67.5 cm³/mol.